The second-order valence-corrected chi connectivity index (χ2v) is 18.1. The van der Waals surface area contributed by atoms with Gasteiger partial charge in [-0.2, -0.15) is 0 Å². The Kier molecular flexibility index (Phi) is 8.39. The predicted octanol–water partition coefficient (Wildman–Crippen LogP) is 5.48. The molecule has 7 nitrogen and oxygen atoms in total. The molecule has 3 aliphatic heterocycles. The number of methoxy groups -OCH3 is 1. The number of carbonyl (C=O) groups is 2. The third-order valence-corrected chi connectivity index (χ3v) is 14.9. The van der Waals surface area contributed by atoms with Crippen molar-refractivity contribution in [3.63, 3.8) is 0 Å². The highest BCUT2D eigenvalue weighted by Gasteiger charge is 2.66. The molecular weight excluding hydrogens is 592 g/mol. The molecule has 1 spiro atoms. The molecule has 0 aliphatic carbocycles. The van der Waals surface area contributed by atoms with Crippen LogP contribution >= 0.6 is 11.6 Å². The Morgan fingerprint density at radius 1 is 1.11 bits per heavy atom. The standard InChI is InChI=1S/C35H41ClN2O5Si/c1-23-33(44(3,4)28-15-13-27(42-2)14-16-28)31(20-32(40)37-18-8-11-26(37)22-39)43-35(23)29-19-25(36)12-17-30(29)38(34(35)41)21-24-9-6-5-7-10-24/h5-7,9-10,12-17,19,23,26,31,33,39H,8,11,18,20-22H2,1-4H3/t23-,26-,31+,33-,35+/m0/s1. The molecule has 0 radical (unpaired) electrons. The first kappa shape index (κ1) is 30.8. The topological polar surface area (TPSA) is 79.3 Å². The number of aliphatic hydroxyl groups excluding tert-OH is 1. The largest absolute Gasteiger partial charge is 0.497 e. The van der Waals surface area contributed by atoms with Crippen molar-refractivity contribution in [1.29, 1.82) is 0 Å². The number of benzene rings is 3. The molecule has 5 atom stereocenters. The lowest BCUT2D eigenvalue weighted by atomic mass is 9.82. The first-order valence-corrected chi connectivity index (χ1v) is 19.0. The summed E-state index contributed by atoms with van der Waals surface area (Å²) in [5, 5.41) is 11.7. The van der Waals surface area contributed by atoms with Gasteiger partial charge in [-0.3, -0.25) is 9.59 Å². The van der Waals surface area contributed by atoms with E-state index in [9.17, 15) is 14.7 Å². The number of anilines is 1. The minimum absolute atomic E-state index is 0.0294. The normalized spacial score (nSPS) is 26.5. The Bertz CT molecular complexity index is 1530. The summed E-state index contributed by atoms with van der Waals surface area (Å²) in [6, 6.07) is 23.6. The van der Waals surface area contributed by atoms with Crippen LogP contribution in [0.4, 0.5) is 5.69 Å². The van der Waals surface area contributed by atoms with Gasteiger partial charge in [0.15, 0.2) is 5.60 Å². The third-order valence-electron chi connectivity index (χ3n) is 10.3. The number of likely N-dealkylation sites (tertiary alicyclic amines) is 1. The van der Waals surface area contributed by atoms with E-state index in [0.29, 0.717) is 18.1 Å². The quantitative estimate of drug-likeness (QED) is 0.333. The van der Waals surface area contributed by atoms with Crippen LogP contribution in [0.25, 0.3) is 0 Å². The molecule has 3 heterocycles. The van der Waals surface area contributed by atoms with E-state index in [-0.39, 0.29) is 42.3 Å². The number of aliphatic hydroxyl groups is 1. The van der Waals surface area contributed by atoms with Crippen LogP contribution in [-0.4, -0.2) is 62.3 Å². The van der Waals surface area contributed by atoms with Crippen LogP contribution in [0.2, 0.25) is 23.7 Å². The van der Waals surface area contributed by atoms with Gasteiger partial charge in [-0.05, 0) is 54.3 Å². The summed E-state index contributed by atoms with van der Waals surface area (Å²) in [4.78, 5) is 32.3. The molecule has 0 unspecified atom stereocenters. The van der Waals surface area contributed by atoms with Gasteiger partial charge in [0.1, 0.15) is 5.75 Å². The van der Waals surface area contributed by atoms with Gasteiger partial charge in [0, 0.05) is 23.0 Å². The van der Waals surface area contributed by atoms with Crippen LogP contribution < -0.4 is 14.8 Å². The van der Waals surface area contributed by atoms with E-state index in [2.05, 4.69) is 32.2 Å². The Morgan fingerprint density at radius 3 is 2.52 bits per heavy atom. The summed E-state index contributed by atoms with van der Waals surface area (Å²) in [5.41, 5.74) is 1.24. The van der Waals surface area contributed by atoms with Crippen molar-refractivity contribution in [2.75, 3.05) is 25.2 Å². The zero-order chi connectivity index (χ0) is 31.2. The molecule has 0 saturated carbocycles. The molecule has 2 saturated heterocycles. The summed E-state index contributed by atoms with van der Waals surface area (Å²) >= 11 is 6.60. The number of hydrogen-bond donors (Lipinski definition) is 1. The predicted molar refractivity (Wildman–Crippen MR) is 175 cm³/mol. The summed E-state index contributed by atoms with van der Waals surface area (Å²) < 4.78 is 12.5. The molecule has 232 valence electrons. The number of hydrogen-bond acceptors (Lipinski definition) is 5. The van der Waals surface area contributed by atoms with Crippen LogP contribution in [0.3, 0.4) is 0 Å². The van der Waals surface area contributed by atoms with Crippen molar-refractivity contribution in [1.82, 2.24) is 4.90 Å². The molecule has 3 aromatic carbocycles. The van der Waals surface area contributed by atoms with Gasteiger partial charge in [-0.25, -0.2) is 0 Å². The summed E-state index contributed by atoms with van der Waals surface area (Å²) in [6.07, 6.45) is 1.33. The van der Waals surface area contributed by atoms with Gasteiger partial charge in [0.25, 0.3) is 5.91 Å². The summed E-state index contributed by atoms with van der Waals surface area (Å²) in [6.45, 7) is 7.72. The average Bonchev–Trinajstić information content (AvgIpc) is 3.68. The molecule has 0 aromatic heterocycles. The first-order valence-electron chi connectivity index (χ1n) is 15.5. The summed E-state index contributed by atoms with van der Waals surface area (Å²) in [5.74, 6) is 0.410. The second kappa shape index (κ2) is 12.0. The van der Waals surface area contributed by atoms with Crippen molar-refractivity contribution in [3.05, 3.63) is 88.9 Å². The lowest BCUT2D eigenvalue weighted by Gasteiger charge is -2.37. The van der Waals surface area contributed by atoms with Crippen LogP contribution in [-0.2, 0) is 26.5 Å². The second-order valence-electron chi connectivity index (χ2n) is 13.0. The molecule has 1 N–H and O–H groups in total. The van der Waals surface area contributed by atoms with E-state index in [1.54, 1.807) is 12.0 Å². The van der Waals surface area contributed by atoms with Crippen LogP contribution in [0.1, 0.15) is 37.3 Å². The maximum atomic E-state index is 14.8. The minimum Gasteiger partial charge on any atom is -0.497 e. The fourth-order valence-electron chi connectivity index (χ4n) is 8.05. The van der Waals surface area contributed by atoms with Crippen molar-refractivity contribution in [3.8, 4) is 5.75 Å². The highest BCUT2D eigenvalue weighted by molar-refractivity contribution is 6.91. The fraction of sp³-hybridized carbons (Fsp3) is 0.429. The van der Waals surface area contributed by atoms with Gasteiger partial charge in [0.2, 0.25) is 5.91 Å². The Morgan fingerprint density at radius 2 is 1.84 bits per heavy atom. The lowest BCUT2D eigenvalue weighted by Crippen LogP contribution is -2.52. The number of carbonyl (C=O) groups excluding carboxylic acids is 2. The molecule has 6 rings (SSSR count). The highest BCUT2D eigenvalue weighted by Crippen LogP contribution is 2.60. The number of amides is 2. The molecule has 9 heteroatoms. The van der Waals surface area contributed by atoms with Crippen LogP contribution in [0, 0.1) is 5.92 Å². The van der Waals surface area contributed by atoms with Gasteiger partial charge in [0.05, 0.1) is 52.6 Å². The van der Waals surface area contributed by atoms with Crippen molar-refractivity contribution < 1.29 is 24.2 Å². The Balaban J connectivity index is 1.44. The zero-order valence-corrected chi connectivity index (χ0v) is 27.6. The number of rotatable bonds is 8. The number of ether oxygens (including phenoxy) is 2. The Labute approximate surface area is 265 Å². The fourth-order valence-corrected chi connectivity index (χ4v) is 12.2. The average molecular weight is 633 g/mol. The number of nitrogens with zero attached hydrogens (tertiary/aromatic N) is 2. The molecule has 3 aromatic rings. The van der Waals surface area contributed by atoms with Crippen molar-refractivity contribution in [2.24, 2.45) is 5.92 Å². The van der Waals surface area contributed by atoms with Gasteiger partial charge >= 0.3 is 0 Å². The van der Waals surface area contributed by atoms with E-state index < -0.39 is 19.8 Å². The van der Waals surface area contributed by atoms with Crippen LogP contribution in [0.5, 0.6) is 5.75 Å². The molecular formula is C35H41ClN2O5Si. The highest BCUT2D eigenvalue weighted by atomic mass is 35.5. The molecule has 3 aliphatic rings. The first-order chi connectivity index (χ1) is 21.1. The van der Waals surface area contributed by atoms with E-state index in [1.807, 2.05) is 65.6 Å². The molecule has 44 heavy (non-hydrogen) atoms. The molecule has 0 bridgehead atoms. The third kappa shape index (κ3) is 5.06. The maximum Gasteiger partial charge on any atom is 0.264 e. The molecule has 2 fully saturated rings. The maximum absolute atomic E-state index is 14.8. The van der Waals surface area contributed by atoms with Crippen LogP contribution in [0.15, 0.2) is 72.8 Å². The van der Waals surface area contributed by atoms with Crippen molar-refractivity contribution >= 4 is 42.4 Å². The SMILES string of the molecule is COc1ccc([Si](C)(C)[C@@H]2[C@@H](CC(=O)N3CCC[C@H]3CO)O[C@]3(C(=O)N(Cc4ccccc4)c4ccc(Cl)cc43)[C@H]2C)cc1. The van der Waals surface area contributed by atoms with E-state index in [0.717, 1.165) is 35.4 Å². The molecule has 2 amide bonds. The van der Waals surface area contributed by atoms with Gasteiger partial charge in [-0.1, -0.05) is 79.3 Å². The minimum atomic E-state index is -2.40. The summed E-state index contributed by atoms with van der Waals surface area (Å²) in [7, 11) is -0.742. The number of halogens is 1. The van der Waals surface area contributed by atoms with Gasteiger partial charge < -0.3 is 24.4 Å². The smallest absolute Gasteiger partial charge is 0.264 e. The van der Waals surface area contributed by atoms with E-state index >= 15 is 0 Å². The number of fused-ring (bicyclic) bond motifs is 2. The lowest BCUT2D eigenvalue weighted by molar-refractivity contribution is -0.150. The monoisotopic (exact) mass is 632 g/mol. The van der Waals surface area contributed by atoms with Crippen molar-refractivity contribution in [2.45, 2.75) is 69.1 Å². The van der Waals surface area contributed by atoms with Gasteiger partial charge in [-0.15, -0.1) is 0 Å². The van der Waals surface area contributed by atoms with E-state index in [4.69, 9.17) is 21.1 Å². The van der Waals surface area contributed by atoms with E-state index in [1.165, 1.54) is 5.19 Å². The Hall–Kier alpha value is -3.17. The zero-order valence-electron chi connectivity index (χ0n) is 25.8.